The first-order chi connectivity index (χ1) is 14.3. The molecule has 30 heavy (non-hydrogen) atoms. The average Bonchev–Trinajstić information content (AvgIpc) is 3.21. The van der Waals surface area contributed by atoms with E-state index in [1.165, 1.54) is 18.2 Å². The van der Waals surface area contributed by atoms with Crippen LogP contribution >= 0.6 is 0 Å². The molecular formula is C19H27N5O6. The van der Waals surface area contributed by atoms with Crippen LogP contribution in [0.4, 0.5) is 0 Å². The van der Waals surface area contributed by atoms with Crippen LogP contribution in [0.3, 0.4) is 0 Å². The second-order valence-electron chi connectivity index (χ2n) is 6.88. The number of nitrogens with one attached hydrogen (secondary N) is 4. The number of aliphatic carboxylic acids is 1. The fourth-order valence-corrected chi connectivity index (χ4v) is 2.48. The van der Waals surface area contributed by atoms with Crippen LogP contribution in [0.15, 0.2) is 23.2 Å². The van der Waals surface area contributed by atoms with Crippen molar-refractivity contribution in [1.29, 1.82) is 0 Å². The van der Waals surface area contributed by atoms with Gasteiger partial charge in [0.1, 0.15) is 24.1 Å². The largest absolute Gasteiger partial charge is 0.507 e. The average molecular weight is 421 g/mol. The SMILES string of the molecule is CC(C)C(=O)N[C@@H](CNC(=O)c1ccc(OCCNC2=NCCN2)cc1O)C(=O)O. The Kier molecular flexibility index (Phi) is 8.27. The highest BCUT2D eigenvalue weighted by molar-refractivity contribution is 5.97. The van der Waals surface area contributed by atoms with Gasteiger partial charge in [0.2, 0.25) is 5.91 Å². The molecule has 2 amide bonds. The molecule has 0 unspecified atom stereocenters. The number of hydrogen-bond acceptors (Lipinski definition) is 8. The number of carbonyl (C=O) groups is 3. The third-order valence-corrected chi connectivity index (χ3v) is 4.16. The van der Waals surface area contributed by atoms with E-state index in [9.17, 15) is 24.6 Å². The number of benzene rings is 1. The number of aromatic hydroxyl groups is 1. The minimum atomic E-state index is -1.28. The monoisotopic (exact) mass is 421 g/mol. The minimum absolute atomic E-state index is 0.0377. The molecule has 1 aromatic carbocycles. The summed E-state index contributed by atoms with van der Waals surface area (Å²) in [6.07, 6.45) is 0. The molecule has 0 saturated heterocycles. The number of phenolic OH excluding ortho intramolecular Hbond substituents is 1. The number of rotatable bonds is 10. The van der Waals surface area contributed by atoms with E-state index < -0.39 is 29.7 Å². The summed E-state index contributed by atoms with van der Waals surface area (Å²) in [7, 11) is 0. The number of aliphatic imine (C=N–C) groups is 1. The fraction of sp³-hybridized carbons (Fsp3) is 0.474. The van der Waals surface area contributed by atoms with Crippen molar-refractivity contribution in [2.24, 2.45) is 10.9 Å². The summed E-state index contributed by atoms with van der Waals surface area (Å²) in [5.74, 6) is -1.99. The quantitative estimate of drug-likeness (QED) is 0.270. The first-order valence-electron chi connectivity index (χ1n) is 9.57. The van der Waals surface area contributed by atoms with Gasteiger partial charge in [-0.1, -0.05) is 13.8 Å². The lowest BCUT2D eigenvalue weighted by Gasteiger charge is -2.17. The second kappa shape index (κ2) is 10.9. The Balaban J connectivity index is 1.84. The summed E-state index contributed by atoms with van der Waals surface area (Å²) in [5, 5.41) is 30.2. The van der Waals surface area contributed by atoms with Gasteiger partial charge in [-0.3, -0.25) is 14.6 Å². The van der Waals surface area contributed by atoms with Gasteiger partial charge >= 0.3 is 5.97 Å². The van der Waals surface area contributed by atoms with Gasteiger partial charge in [0.15, 0.2) is 5.96 Å². The Bertz CT molecular complexity index is 811. The summed E-state index contributed by atoms with van der Waals surface area (Å²) in [6, 6.07) is 2.92. The number of ether oxygens (including phenoxy) is 1. The number of carbonyl (C=O) groups excluding carboxylic acids is 2. The molecule has 2 rings (SSSR count). The standard InChI is InChI=1S/C19H27N5O6/c1-11(2)16(26)24-14(18(28)29)10-23-17(27)13-4-3-12(9-15(13)25)30-8-7-22-19-20-5-6-21-19/h3-4,9,11,14,25H,5-8,10H2,1-2H3,(H,23,27)(H,24,26)(H,28,29)(H2,20,21,22)/t14-/m0/s1. The van der Waals surface area contributed by atoms with Crippen molar-refractivity contribution in [3.05, 3.63) is 23.8 Å². The van der Waals surface area contributed by atoms with Gasteiger partial charge < -0.3 is 36.2 Å². The maximum absolute atomic E-state index is 12.3. The first-order valence-corrected chi connectivity index (χ1v) is 9.57. The summed E-state index contributed by atoms with van der Waals surface area (Å²) >= 11 is 0. The molecule has 0 saturated carbocycles. The van der Waals surface area contributed by atoms with Crippen LogP contribution < -0.4 is 26.0 Å². The third kappa shape index (κ3) is 6.83. The number of carboxylic acids is 1. The highest BCUT2D eigenvalue weighted by atomic mass is 16.5. The molecule has 1 atom stereocenters. The van der Waals surface area contributed by atoms with Crippen LogP contribution in [0, 0.1) is 5.92 Å². The molecule has 0 radical (unpaired) electrons. The van der Waals surface area contributed by atoms with E-state index in [2.05, 4.69) is 26.3 Å². The second-order valence-corrected chi connectivity index (χ2v) is 6.88. The zero-order valence-electron chi connectivity index (χ0n) is 16.9. The molecule has 0 aromatic heterocycles. The first kappa shape index (κ1) is 22.8. The summed E-state index contributed by atoms with van der Waals surface area (Å²) < 4.78 is 5.51. The molecule has 11 nitrogen and oxygen atoms in total. The van der Waals surface area contributed by atoms with Crippen LogP contribution in [0.25, 0.3) is 0 Å². The van der Waals surface area contributed by atoms with Crippen molar-refractivity contribution >= 4 is 23.7 Å². The Morgan fingerprint density at radius 1 is 1.30 bits per heavy atom. The van der Waals surface area contributed by atoms with Crippen LogP contribution in [-0.4, -0.2) is 72.8 Å². The van der Waals surface area contributed by atoms with Crippen molar-refractivity contribution in [3.8, 4) is 11.5 Å². The maximum atomic E-state index is 12.3. The molecule has 1 aliphatic rings. The molecule has 0 fully saturated rings. The number of hydrogen-bond donors (Lipinski definition) is 6. The van der Waals surface area contributed by atoms with E-state index in [0.717, 1.165) is 19.0 Å². The number of guanidine groups is 1. The van der Waals surface area contributed by atoms with E-state index in [0.29, 0.717) is 18.9 Å². The molecule has 1 heterocycles. The van der Waals surface area contributed by atoms with E-state index in [1.807, 2.05) is 0 Å². The smallest absolute Gasteiger partial charge is 0.328 e. The molecule has 0 bridgehead atoms. The lowest BCUT2D eigenvalue weighted by atomic mass is 10.1. The molecule has 1 aromatic rings. The molecule has 0 spiro atoms. The summed E-state index contributed by atoms with van der Waals surface area (Å²) in [5.41, 5.74) is -0.0377. The number of carboxylic acid groups (broad SMARTS) is 1. The van der Waals surface area contributed by atoms with E-state index in [1.54, 1.807) is 13.8 Å². The third-order valence-electron chi connectivity index (χ3n) is 4.16. The van der Waals surface area contributed by atoms with Crippen molar-refractivity contribution in [2.45, 2.75) is 19.9 Å². The lowest BCUT2D eigenvalue weighted by molar-refractivity contribution is -0.142. The van der Waals surface area contributed by atoms with E-state index in [-0.39, 0.29) is 17.9 Å². The highest BCUT2D eigenvalue weighted by Crippen LogP contribution is 2.23. The number of nitrogens with zero attached hydrogens (tertiary/aromatic N) is 1. The van der Waals surface area contributed by atoms with Crippen LogP contribution in [0.2, 0.25) is 0 Å². The fourth-order valence-electron chi connectivity index (χ4n) is 2.48. The normalized spacial score (nSPS) is 13.8. The summed E-state index contributed by atoms with van der Waals surface area (Å²) in [4.78, 5) is 39.4. The zero-order valence-corrected chi connectivity index (χ0v) is 16.9. The molecule has 6 N–H and O–H groups in total. The van der Waals surface area contributed by atoms with Gasteiger partial charge in [-0.05, 0) is 12.1 Å². The molecule has 1 aliphatic heterocycles. The lowest BCUT2D eigenvalue weighted by Crippen LogP contribution is -2.49. The van der Waals surface area contributed by atoms with Crippen LogP contribution in [0.1, 0.15) is 24.2 Å². The summed E-state index contributed by atoms with van der Waals surface area (Å²) in [6.45, 7) is 5.30. The number of amides is 2. The van der Waals surface area contributed by atoms with E-state index in [4.69, 9.17) is 4.74 Å². The van der Waals surface area contributed by atoms with Gasteiger partial charge in [-0.2, -0.15) is 0 Å². The predicted molar refractivity (Wildman–Crippen MR) is 109 cm³/mol. The van der Waals surface area contributed by atoms with Crippen LogP contribution in [-0.2, 0) is 9.59 Å². The highest BCUT2D eigenvalue weighted by Gasteiger charge is 2.23. The van der Waals surface area contributed by atoms with E-state index >= 15 is 0 Å². The maximum Gasteiger partial charge on any atom is 0.328 e. The molecule has 11 heteroatoms. The Labute approximate surface area is 173 Å². The van der Waals surface area contributed by atoms with Crippen LogP contribution in [0.5, 0.6) is 11.5 Å². The Hall–Kier alpha value is -3.50. The van der Waals surface area contributed by atoms with Gasteiger partial charge in [0, 0.05) is 25.1 Å². The Morgan fingerprint density at radius 3 is 2.67 bits per heavy atom. The number of phenols is 1. The van der Waals surface area contributed by atoms with Crippen molar-refractivity contribution in [2.75, 3.05) is 32.8 Å². The van der Waals surface area contributed by atoms with Crippen molar-refractivity contribution < 1.29 is 29.3 Å². The molecule has 164 valence electrons. The molecule has 0 aliphatic carbocycles. The predicted octanol–water partition coefficient (Wildman–Crippen LogP) is -0.725. The van der Waals surface area contributed by atoms with Crippen molar-refractivity contribution in [1.82, 2.24) is 21.3 Å². The molecular weight excluding hydrogens is 394 g/mol. The zero-order chi connectivity index (χ0) is 22.1. The van der Waals surface area contributed by atoms with Gasteiger partial charge in [-0.25, -0.2) is 4.79 Å². The van der Waals surface area contributed by atoms with Gasteiger partial charge in [0.05, 0.1) is 18.7 Å². The topological polar surface area (TPSA) is 161 Å². The van der Waals surface area contributed by atoms with Gasteiger partial charge in [-0.15, -0.1) is 0 Å². The Morgan fingerprint density at radius 2 is 2.07 bits per heavy atom. The minimum Gasteiger partial charge on any atom is -0.507 e. The van der Waals surface area contributed by atoms with Crippen molar-refractivity contribution in [3.63, 3.8) is 0 Å². The van der Waals surface area contributed by atoms with Gasteiger partial charge in [0.25, 0.3) is 5.91 Å².